The highest BCUT2D eigenvalue weighted by atomic mass is 32.2. The number of ether oxygens (including phenoxy) is 1. The number of hydrogen-bond donors (Lipinski definition) is 1. The van der Waals surface area contributed by atoms with Crippen molar-refractivity contribution in [1.29, 1.82) is 0 Å². The van der Waals surface area contributed by atoms with Gasteiger partial charge in [-0.25, -0.2) is 8.42 Å². The third kappa shape index (κ3) is 5.86. The van der Waals surface area contributed by atoms with E-state index in [-0.39, 0.29) is 18.9 Å². The van der Waals surface area contributed by atoms with Crippen molar-refractivity contribution in [2.45, 2.75) is 12.8 Å². The first-order valence-electron chi connectivity index (χ1n) is 9.95. The predicted molar refractivity (Wildman–Crippen MR) is 125 cm³/mol. The van der Waals surface area contributed by atoms with E-state index >= 15 is 0 Å². The maximum atomic E-state index is 12.6. The van der Waals surface area contributed by atoms with Gasteiger partial charge in [0.2, 0.25) is 15.9 Å². The Balaban J connectivity index is 1.67. The second-order valence-corrected chi connectivity index (χ2v) is 8.98. The van der Waals surface area contributed by atoms with Gasteiger partial charge in [-0.05, 0) is 30.2 Å². The molecule has 0 aromatic heterocycles. The standard InChI is InChI=1S/C24H26N2O4S/c1-30-23-16-9-8-15-22(23)26(31(2,28)29)18-10-17-24(27)25-21-14-7-6-13-20(21)19-11-4-3-5-12-19/h3-9,11-16H,10,17-18H2,1-2H3,(H,25,27). The molecule has 0 aliphatic rings. The van der Waals surface area contributed by atoms with Gasteiger partial charge in [0.25, 0.3) is 0 Å². The molecule has 0 spiro atoms. The first kappa shape index (κ1) is 22.4. The van der Waals surface area contributed by atoms with Gasteiger partial charge < -0.3 is 10.1 Å². The summed E-state index contributed by atoms with van der Waals surface area (Å²) < 4.78 is 31.2. The molecule has 1 N–H and O–H groups in total. The molecule has 0 radical (unpaired) electrons. The lowest BCUT2D eigenvalue weighted by atomic mass is 10.0. The fourth-order valence-corrected chi connectivity index (χ4v) is 4.33. The smallest absolute Gasteiger partial charge is 0.232 e. The van der Waals surface area contributed by atoms with E-state index in [1.165, 1.54) is 11.4 Å². The van der Waals surface area contributed by atoms with E-state index in [2.05, 4.69) is 5.32 Å². The molecule has 0 aliphatic carbocycles. The number of amides is 1. The quantitative estimate of drug-likeness (QED) is 0.532. The number of anilines is 2. The van der Waals surface area contributed by atoms with Crippen LogP contribution in [0.2, 0.25) is 0 Å². The highest BCUT2D eigenvalue weighted by Crippen LogP contribution is 2.30. The van der Waals surface area contributed by atoms with E-state index in [0.29, 0.717) is 17.9 Å². The molecule has 6 nitrogen and oxygen atoms in total. The average Bonchev–Trinajstić information content (AvgIpc) is 2.77. The second-order valence-electron chi connectivity index (χ2n) is 7.07. The summed E-state index contributed by atoms with van der Waals surface area (Å²) in [6.07, 6.45) is 1.70. The van der Waals surface area contributed by atoms with Crippen molar-refractivity contribution in [3.8, 4) is 16.9 Å². The monoisotopic (exact) mass is 438 g/mol. The Morgan fingerprint density at radius 2 is 1.58 bits per heavy atom. The molecule has 3 rings (SSSR count). The van der Waals surface area contributed by atoms with E-state index in [1.807, 2.05) is 54.6 Å². The molecule has 1 amide bonds. The summed E-state index contributed by atoms with van der Waals surface area (Å²) in [7, 11) is -2.03. The Kier molecular flexibility index (Phi) is 7.31. The first-order chi connectivity index (χ1) is 14.9. The van der Waals surface area contributed by atoms with Gasteiger partial charge in [0.1, 0.15) is 5.75 Å². The minimum absolute atomic E-state index is 0.170. The van der Waals surface area contributed by atoms with E-state index < -0.39 is 10.0 Å². The molecule has 31 heavy (non-hydrogen) atoms. The third-order valence-electron chi connectivity index (χ3n) is 4.81. The molecule has 0 aliphatic heterocycles. The van der Waals surface area contributed by atoms with Gasteiger partial charge in [-0.2, -0.15) is 0 Å². The summed E-state index contributed by atoms with van der Waals surface area (Å²) in [5, 5.41) is 2.95. The molecule has 0 heterocycles. The van der Waals surface area contributed by atoms with Crippen molar-refractivity contribution in [2.75, 3.05) is 29.5 Å². The number of nitrogens with one attached hydrogen (secondary N) is 1. The predicted octanol–water partition coefficient (Wildman–Crippen LogP) is 4.55. The van der Waals surface area contributed by atoms with Crippen LogP contribution in [0.25, 0.3) is 11.1 Å². The zero-order valence-corrected chi connectivity index (χ0v) is 18.4. The van der Waals surface area contributed by atoms with Crippen LogP contribution in [0.3, 0.4) is 0 Å². The first-order valence-corrected chi connectivity index (χ1v) is 11.8. The van der Waals surface area contributed by atoms with Gasteiger partial charge in [-0.15, -0.1) is 0 Å². The zero-order chi connectivity index (χ0) is 22.3. The second kappa shape index (κ2) is 10.1. The fraction of sp³-hybridized carbons (Fsp3) is 0.208. The van der Waals surface area contributed by atoms with Crippen LogP contribution in [0.4, 0.5) is 11.4 Å². The van der Waals surface area contributed by atoms with Crippen LogP contribution in [0.5, 0.6) is 5.75 Å². The Bertz CT molecular complexity index is 1130. The van der Waals surface area contributed by atoms with Crippen molar-refractivity contribution in [2.24, 2.45) is 0 Å². The molecule has 7 heteroatoms. The normalized spacial score (nSPS) is 11.0. The number of hydrogen-bond acceptors (Lipinski definition) is 4. The van der Waals surface area contributed by atoms with Gasteiger partial charge in [-0.1, -0.05) is 60.7 Å². The average molecular weight is 439 g/mol. The van der Waals surface area contributed by atoms with Crippen LogP contribution in [-0.4, -0.2) is 34.2 Å². The molecule has 0 fully saturated rings. The van der Waals surface area contributed by atoms with Crippen molar-refractivity contribution in [3.63, 3.8) is 0 Å². The van der Waals surface area contributed by atoms with Crippen molar-refractivity contribution in [1.82, 2.24) is 0 Å². The van der Waals surface area contributed by atoms with Gasteiger partial charge in [0.05, 0.1) is 19.1 Å². The summed E-state index contributed by atoms with van der Waals surface area (Å²) >= 11 is 0. The molecular weight excluding hydrogens is 412 g/mol. The van der Waals surface area contributed by atoms with E-state index in [4.69, 9.17) is 4.74 Å². The van der Waals surface area contributed by atoms with Gasteiger partial charge in [-0.3, -0.25) is 9.10 Å². The number of nitrogens with zero attached hydrogens (tertiary/aromatic N) is 1. The van der Waals surface area contributed by atoms with Crippen LogP contribution >= 0.6 is 0 Å². The van der Waals surface area contributed by atoms with E-state index in [9.17, 15) is 13.2 Å². The third-order valence-corrected chi connectivity index (χ3v) is 5.99. The highest BCUT2D eigenvalue weighted by Gasteiger charge is 2.21. The minimum atomic E-state index is -3.53. The van der Waals surface area contributed by atoms with Gasteiger partial charge in [0.15, 0.2) is 0 Å². The molecule has 0 bridgehead atoms. The van der Waals surface area contributed by atoms with E-state index in [0.717, 1.165) is 23.1 Å². The van der Waals surface area contributed by atoms with Crippen LogP contribution in [0.1, 0.15) is 12.8 Å². The van der Waals surface area contributed by atoms with Crippen LogP contribution in [0.15, 0.2) is 78.9 Å². The van der Waals surface area contributed by atoms with Crippen LogP contribution < -0.4 is 14.4 Å². The molecular formula is C24H26N2O4S. The summed E-state index contributed by atoms with van der Waals surface area (Å²) in [5.74, 6) is 0.297. The Morgan fingerprint density at radius 1 is 0.935 bits per heavy atom. The van der Waals surface area contributed by atoms with Crippen LogP contribution in [-0.2, 0) is 14.8 Å². The molecule has 162 valence electrons. The lowest BCUT2D eigenvalue weighted by molar-refractivity contribution is -0.116. The topological polar surface area (TPSA) is 75.7 Å². The molecule has 0 saturated carbocycles. The number of rotatable bonds is 9. The van der Waals surface area contributed by atoms with Gasteiger partial charge in [0, 0.05) is 24.2 Å². The Morgan fingerprint density at radius 3 is 2.29 bits per heavy atom. The SMILES string of the molecule is COc1ccccc1N(CCCC(=O)Nc1ccccc1-c1ccccc1)S(C)(=O)=O. The number of para-hydroxylation sites is 3. The molecule has 0 unspecified atom stereocenters. The summed E-state index contributed by atoms with van der Waals surface area (Å²) in [6.45, 7) is 0.174. The zero-order valence-electron chi connectivity index (χ0n) is 17.6. The Hall–Kier alpha value is -3.32. The number of carbonyl (C=O) groups is 1. The summed E-state index contributed by atoms with van der Waals surface area (Å²) in [6, 6.07) is 24.4. The van der Waals surface area contributed by atoms with Crippen molar-refractivity contribution in [3.05, 3.63) is 78.9 Å². The maximum absolute atomic E-state index is 12.6. The number of carbonyl (C=O) groups excluding carboxylic acids is 1. The molecule has 0 atom stereocenters. The van der Waals surface area contributed by atoms with E-state index in [1.54, 1.807) is 24.3 Å². The number of methoxy groups -OCH3 is 1. The van der Waals surface area contributed by atoms with Crippen LogP contribution in [0, 0.1) is 0 Å². The van der Waals surface area contributed by atoms with Gasteiger partial charge >= 0.3 is 0 Å². The summed E-state index contributed by atoms with van der Waals surface area (Å²) in [4.78, 5) is 12.6. The van der Waals surface area contributed by atoms with Crippen molar-refractivity contribution < 1.29 is 17.9 Å². The fourth-order valence-electron chi connectivity index (χ4n) is 3.36. The number of benzene rings is 3. The molecule has 0 saturated heterocycles. The largest absolute Gasteiger partial charge is 0.495 e. The molecule has 3 aromatic carbocycles. The minimum Gasteiger partial charge on any atom is -0.495 e. The molecule has 3 aromatic rings. The highest BCUT2D eigenvalue weighted by molar-refractivity contribution is 7.92. The Labute approximate surface area is 183 Å². The van der Waals surface area contributed by atoms with Crippen molar-refractivity contribution >= 4 is 27.3 Å². The summed E-state index contributed by atoms with van der Waals surface area (Å²) in [5.41, 5.74) is 3.13. The maximum Gasteiger partial charge on any atom is 0.232 e. The lowest BCUT2D eigenvalue weighted by Crippen LogP contribution is -2.31. The number of sulfonamides is 1. The lowest BCUT2D eigenvalue weighted by Gasteiger charge is -2.24.